The van der Waals surface area contributed by atoms with Gasteiger partial charge in [-0.3, -0.25) is 0 Å². The van der Waals surface area contributed by atoms with Gasteiger partial charge < -0.3 is 10.2 Å². The van der Waals surface area contributed by atoms with Crippen molar-refractivity contribution < 1.29 is 14.6 Å². The second kappa shape index (κ2) is 4.49. The number of aliphatic hydroxyl groups is 1. The zero-order valence-electron chi connectivity index (χ0n) is 10.1. The molecule has 0 radical (unpaired) electrons. The van der Waals surface area contributed by atoms with Crippen LogP contribution < -0.4 is 0 Å². The third-order valence-electron chi connectivity index (χ3n) is 3.30. The minimum absolute atomic E-state index is 0.294. The highest BCUT2D eigenvalue weighted by Crippen LogP contribution is 2.32. The second-order valence-electron chi connectivity index (χ2n) is 4.70. The molecule has 0 aromatic heterocycles. The molecule has 2 nitrogen and oxygen atoms in total. The smallest absolute Gasteiger partial charge is 0.145 e. The first-order valence-corrected chi connectivity index (χ1v) is 5.82. The van der Waals surface area contributed by atoms with Gasteiger partial charge in [0.05, 0.1) is 6.10 Å². The Hall–Kier alpha value is -1.35. The average molecular weight is 236 g/mol. The number of benzene rings is 1. The molecule has 1 aromatic carbocycles. The normalized spacial score (nSPS) is 24.6. The lowest BCUT2D eigenvalue weighted by atomic mass is 9.89. The van der Waals surface area contributed by atoms with Crippen molar-refractivity contribution >= 4 is 5.57 Å². The van der Waals surface area contributed by atoms with Crippen LogP contribution in [0.3, 0.4) is 0 Å². The van der Waals surface area contributed by atoms with Gasteiger partial charge in [0.25, 0.3) is 0 Å². The van der Waals surface area contributed by atoms with Gasteiger partial charge in [-0.2, -0.15) is 0 Å². The topological polar surface area (TPSA) is 40.5 Å². The Balaban J connectivity index is 2.38. The molecule has 0 spiro atoms. The number of alkyl halides is 1. The van der Waals surface area contributed by atoms with Crippen LogP contribution in [0.15, 0.2) is 18.2 Å². The number of aliphatic hydroxyl groups excluding tert-OH is 1. The summed E-state index contributed by atoms with van der Waals surface area (Å²) >= 11 is 0. The van der Waals surface area contributed by atoms with Crippen molar-refractivity contribution in [2.24, 2.45) is 0 Å². The van der Waals surface area contributed by atoms with Crippen LogP contribution in [0.1, 0.15) is 29.5 Å². The van der Waals surface area contributed by atoms with Crippen molar-refractivity contribution in [1.82, 2.24) is 0 Å². The van der Waals surface area contributed by atoms with E-state index in [0.717, 1.165) is 22.3 Å². The summed E-state index contributed by atoms with van der Waals surface area (Å²) in [6.07, 6.45) is 0.447. The Labute approximate surface area is 100 Å². The van der Waals surface area contributed by atoms with E-state index in [2.05, 4.69) is 0 Å². The van der Waals surface area contributed by atoms with E-state index in [1.807, 2.05) is 26.0 Å². The Morgan fingerprint density at radius 3 is 2.35 bits per heavy atom. The monoisotopic (exact) mass is 236 g/mol. The molecule has 0 heterocycles. The Kier molecular flexibility index (Phi) is 3.20. The summed E-state index contributed by atoms with van der Waals surface area (Å²) in [4.78, 5) is 0. The molecule has 0 bridgehead atoms. The predicted octanol–water partition coefficient (Wildman–Crippen LogP) is 2.89. The molecule has 1 aliphatic rings. The number of hydrogen-bond acceptors (Lipinski definition) is 2. The van der Waals surface area contributed by atoms with Crippen LogP contribution >= 0.6 is 0 Å². The third kappa shape index (κ3) is 2.34. The number of allylic oxidation sites excluding steroid dienone is 1. The molecule has 0 saturated heterocycles. The molecule has 2 rings (SSSR count). The maximum absolute atomic E-state index is 13.4. The number of hydrogen-bond donors (Lipinski definition) is 2. The fraction of sp³-hybridized carbons (Fsp3) is 0.429. The Bertz CT molecular complexity index is 442. The SMILES string of the molecule is Cc1cc(C2=CC(F)C(O)CC2)cc(C)c1O. The van der Waals surface area contributed by atoms with Gasteiger partial charge in [-0.15, -0.1) is 0 Å². The molecule has 3 heteroatoms. The predicted molar refractivity (Wildman–Crippen MR) is 65.7 cm³/mol. The molecule has 0 amide bonds. The van der Waals surface area contributed by atoms with Gasteiger partial charge in [-0.1, -0.05) is 0 Å². The molecule has 2 atom stereocenters. The summed E-state index contributed by atoms with van der Waals surface area (Å²) in [5.74, 6) is 0.294. The van der Waals surface area contributed by atoms with E-state index in [-0.39, 0.29) is 0 Å². The number of phenolic OH excluding ortho intramolecular Hbond substituents is 1. The van der Waals surface area contributed by atoms with E-state index in [1.54, 1.807) is 0 Å². The van der Waals surface area contributed by atoms with Crippen molar-refractivity contribution in [3.8, 4) is 5.75 Å². The quantitative estimate of drug-likeness (QED) is 0.787. The van der Waals surface area contributed by atoms with Gasteiger partial charge >= 0.3 is 0 Å². The molecule has 0 fully saturated rings. The van der Waals surface area contributed by atoms with Crippen LogP contribution in [0.5, 0.6) is 5.75 Å². The molecule has 92 valence electrons. The van der Waals surface area contributed by atoms with E-state index < -0.39 is 12.3 Å². The van der Waals surface area contributed by atoms with E-state index in [9.17, 15) is 14.6 Å². The van der Waals surface area contributed by atoms with E-state index in [1.165, 1.54) is 6.08 Å². The molecule has 0 saturated carbocycles. The highest BCUT2D eigenvalue weighted by molar-refractivity contribution is 5.69. The zero-order valence-corrected chi connectivity index (χ0v) is 10.1. The second-order valence-corrected chi connectivity index (χ2v) is 4.70. The summed E-state index contributed by atoms with van der Waals surface area (Å²) in [5, 5.41) is 19.0. The van der Waals surface area contributed by atoms with Crippen LogP contribution in [0, 0.1) is 13.8 Å². The van der Waals surface area contributed by atoms with Gasteiger partial charge in [0.15, 0.2) is 0 Å². The molecular formula is C14H17FO2. The van der Waals surface area contributed by atoms with E-state index >= 15 is 0 Å². The van der Waals surface area contributed by atoms with Crippen LogP contribution in [0.4, 0.5) is 4.39 Å². The minimum atomic E-state index is -1.28. The molecular weight excluding hydrogens is 219 g/mol. The van der Waals surface area contributed by atoms with Crippen LogP contribution in [-0.4, -0.2) is 22.5 Å². The fourth-order valence-corrected chi connectivity index (χ4v) is 2.23. The molecule has 17 heavy (non-hydrogen) atoms. The highest BCUT2D eigenvalue weighted by atomic mass is 19.1. The number of halogens is 1. The number of phenols is 1. The lowest BCUT2D eigenvalue weighted by molar-refractivity contribution is 0.0920. The van der Waals surface area contributed by atoms with Crippen molar-refractivity contribution in [3.05, 3.63) is 34.9 Å². The molecule has 0 aliphatic heterocycles. The standard InChI is InChI=1S/C14H17FO2/c1-8-5-11(6-9(2)14(8)17)10-3-4-13(16)12(15)7-10/h5-7,12-13,16-17H,3-4H2,1-2H3. The van der Waals surface area contributed by atoms with E-state index in [4.69, 9.17) is 0 Å². The molecule has 1 aliphatic carbocycles. The first kappa shape index (κ1) is 12.1. The molecule has 1 aromatic rings. The average Bonchev–Trinajstić information content (AvgIpc) is 2.29. The summed E-state index contributed by atoms with van der Waals surface area (Å²) in [7, 11) is 0. The molecule has 2 N–H and O–H groups in total. The van der Waals surface area contributed by atoms with Gasteiger partial charge in [-0.05, 0) is 67.2 Å². The van der Waals surface area contributed by atoms with Crippen LogP contribution in [0.2, 0.25) is 0 Å². The number of rotatable bonds is 1. The first-order valence-electron chi connectivity index (χ1n) is 5.82. The first-order chi connectivity index (χ1) is 7.99. The van der Waals surface area contributed by atoms with Crippen molar-refractivity contribution in [2.75, 3.05) is 0 Å². The summed E-state index contributed by atoms with van der Waals surface area (Å²) in [5.41, 5.74) is 3.44. The lowest BCUT2D eigenvalue weighted by Gasteiger charge is -2.22. The highest BCUT2D eigenvalue weighted by Gasteiger charge is 2.23. The Morgan fingerprint density at radius 2 is 1.82 bits per heavy atom. The zero-order chi connectivity index (χ0) is 12.6. The fourth-order valence-electron chi connectivity index (χ4n) is 2.23. The summed E-state index contributed by atoms with van der Waals surface area (Å²) < 4.78 is 13.4. The van der Waals surface area contributed by atoms with Crippen LogP contribution in [0.25, 0.3) is 5.57 Å². The number of aryl methyl sites for hydroxylation is 2. The largest absolute Gasteiger partial charge is 0.507 e. The van der Waals surface area contributed by atoms with Crippen molar-refractivity contribution in [2.45, 2.75) is 39.0 Å². The third-order valence-corrected chi connectivity index (χ3v) is 3.30. The van der Waals surface area contributed by atoms with Crippen molar-refractivity contribution in [1.29, 1.82) is 0 Å². The van der Waals surface area contributed by atoms with Gasteiger partial charge in [0.1, 0.15) is 11.9 Å². The maximum atomic E-state index is 13.4. The maximum Gasteiger partial charge on any atom is 0.145 e. The van der Waals surface area contributed by atoms with Gasteiger partial charge in [0.2, 0.25) is 0 Å². The van der Waals surface area contributed by atoms with Gasteiger partial charge in [0, 0.05) is 0 Å². The Morgan fingerprint density at radius 1 is 1.24 bits per heavy atom. The van der Waals surface area contributed by atoms with Crippen molar-refractivity contribution in [3.63, 3.8) is 0 Å². The van der Waals surface area contributed by atoms with E-state index in [0.29, 0.717) is 18.6 Å². The number of aromatic hydroxyl groups is 1. The van der Waals surface area contributed by atoms with Gasteiger partial charge in [-0.25, -0.2) is 4.39 Å². The summed E-state index contributed by atoms with van der Waals surface area (Å²) in [6, 6.07) is 3.72. The van der Waals surface area contributed by atoms with Crippen LogP contribution in [-0.2, 0) is 0 Å². The summed E-state index contributed by atoms with van der Waals surface area (Å²) in [6.45, 7) is 3.66. The minimum Gasteiger partial charge on any atom is -0.507 e. The molecule has 2 unspecified atom stereocenters. The lowest BCUT2D eigenvalue weighted by Crippen LogP contribution is -2.23.